The molecule has 0 radical (unpaired) electrons. The zero-order valence-electron chi connectivity index (χ0n) is 12.5. The number of anilines is 1. The summed E-state index contributed by atoms with van der Waals surface area (Å²) in [6.07, 6.45) is 1.65. The van der Waals surface area contributed by atoms with Gasteiger partial charge in [-0.25, -0.2) is 4.98 Å². The molecule has 6 nitrogen and oxygen atoms in total. The lowest BCUT2D eigenvalue weighted by atomic mass is 10.2. The topological polar surface area (TPSA) is 63.7 Å². The van der Waals surface area contributed by atoms with E-state index < -0.39 is 0 Å². The molecule has 0 aromatic carbocycles. The van der Waals surface area contributed by atoms with Gasteiger partial charge in [-0.3, -0.25) is 4.79 Å². The van der Waals surface area contributed by atoms with Crippen LogP contribution in [0.1, 0.15) is 17.3 Å². The van der Waals surface area contributed by atoms with Gasteiger partial charge in [0.25, 0.3) is 5.91 Å². The van der Waals surface area contributed by atoms with Crippen LogP contribution in [0.3, 0.4) is 0 Å². The van der Waals surface area contributed by atoms with Crippen LogP contribution < -0.4 is 5.32 Å². The minimum absolute atomic E-state index is 0.0347. The molecule has 6 heteroatoms. The van der Waals surface area contributed by atoms with E-state index in [9.17, 15) is 4.79 Å². The molecular weight excluding hydrogens is 258 g/mol. The van der Waals surface area contributed by atoms with Crippen LogP contribution in [0.25, 0.3) is 0 Å². The first-order valence-electron chi connectivity index (χ1n) is 6.57. The number of nitrogens with one attached hydrogen (secondary N) is 1. The Morgan fingerprint density at radius 2 is 2.20 bits per heavy atom. The van der Waals surface area contributed by atoms with E-state index in [0.717, 1.165) is 0 Å². The van der Waals surface area contributed by atoms with Crippen molar-refractivity contribution in [2.24, 2.45) is 0 Å². The van der Waals surface area contributed by atoms with Gasteiger partial charge in [0.05, 0.1) is 24.8 Å². The summed E-state index contributed by atoms with van der Waals surface area (Å²) in [6.45, 7) is 3.42. The van der Waals surface area contributed by atoms with Crippen molar-refractivity contribution in [3.05, 3.63) is 23.9 Å². The van der Waals surface area contributed by atoms with Crippen LogP contribution in [0.2, 0.25) is 0 Å². The molecule has 0 saturated heterocycles. The average Bonchev–Trinajstić information content (AvgIpc) is 2.47. The van der Waals surface area contributed by atoms with Crippen molar-refractivity contribution in [3.63, 3.8) is 0 Å². The lowest BCUT2D eigenvalue weighted by molar-refractivity contribution is 0.0480. The lowest BCUT2D eigenvalue weighted by Gasteiger charge is -2.29. The number of hydrogen-bond donors (Lipinski definition) is 1. The van der Waals surface area contributed by atoms with Gasteiger partial charge in [0.2, 0.25) is 0 Å². The monoisotopic (exact) mass is 281 g/mol. The van der Waals surface area contributed by atoms with Gasteiger partial charge in [0.1, 0.15) is 5.82 Å². The van der Waals surface area contributed by atoms with Crippen LogP contribution in [0.5, 0.6) is 0 Å². The standard InChI is InChI=1S/C14H23N3O3/c1-11(10-20-4)17(8-9-19-3)14(18)12-6-5-7-16-13(12)15-2/h5-7,11H,8-10H2,1-4H3,(H,15,16). The van der Waals surface area contributed by atoms with E-state index >= 15 is 0 Å². The Labute approximate surface area is 120 Å². The molecule has 1 rings (SSSR count). The molecule has 1 aromatic heterocycles. The summed E-state index contributed by atoms with van der Waals surface area (Å²) in [4.78, 5) is 18.6. The Balaban J connectivity index is 2.96. The van der Waals surface area contributed by atoms with Crippen molar-refractivity contribution in [2.45, 2.75) is 13.0 Å². The quantitative estimate of drug-likeness (QED) is 0.777. The summed E-state index contributed by atoms with van der Waals surface area (Å²) in [5.41, 5.74) is 0.550. The summed E-state index contributed by atoms with van der Waals surface area (Å²) in [6, 6.07) is 3.48. The zero-order chi connectivity index (χ0) is 15.0. The van der Waals surface area contributed by atoms with Crippen LogP contribution >= 0.6 is 0 Å². The molecule has 1 heterocycles. The van der Waals surface area contributed by atoms with Crippen LogP contribution in [0.4, 0.5) is 5.82 Å². The fourth-order valence-electron chi connectivity index (χ4n) is 1.97. The van der Waals surface area contributed by atoms with Crippen molar-refractivity contribution in [1.29, 1.82) is 0 Å². The van der Waals surface area contributed by atoms with Gasteiger partial charge in [0.15, 0.2) is 0 Å². The van der Waals surface area contributed by atoms with Gasteiger partial charge in [-0.15, -0.1) is 0 Å². The molecule has 0 fully saturated rings. The maximum atomic E-state index is 12.7. The Morgan fingerprint density at radius 3 is 2.80 bits per heavy atom. The number of pyridine rings is 1. The van der Waals surface area contributed by atoms with Crippen LogP contribution in [0.15, 0.2) is 18.3 Å². The molecule has 1 N–H and O–H groups in total. The molecule has 1 unspecified atom stereocenters. The molecule has 0 bridgehead atoms. The van der Waals surface area contributed by atoms with Crippen LogP contribution in [0, 0.1) is 0 Å². The van der Waals surface area contributed by atoms with E-state index in [2.05, 4.69) is 10.3 Å². The second-order valence-electron chi connectivity index (χ2n) is 4.45. The highest BCUT2D eigenvalue weighted by molar-refractivity contribution is 5.98. The summed E-state index contributed by atoms with van der Waals surface area (Å²) in [5, 5.41) is 2.94. The minimum Gasteiger partial charge on any atom is -0.383 e. The van der Waals surface area contributed by atoms with Crippen molar-refractivity contribution >= 4 is 11.7 Å². The fourth-order valence-corrected chi connectivity index (χ4v) is 1.97. The summed E-state index contributed by atoms with van der Waals surface area (Å²) >= 11 is 0. The molecule has 112 valence electrons. The van der Waals surface area contributed by atoms with E-state index in [1.165, 1.54) is 0 Å². The van der Waals surface area contributed by atoms with Crippen molar-refractivity contribution < 1.29 is 14.3 Å². The molecule has 0 aliphatic carbocycles. The number of nitrogens with zero attached hydrogens (tertiary/aromatic N) is 2. The third-order valence-electron chi connectivity index (χ3n) is 3.01. The average molecular weight is 281 g/mol. The highest BCUT2D eigenvalue weighted by Crippen LogP contribution is 2.15. The first-order valence-corrected chi connectivity index (χ1v) is 6.57. The number of carbonyl (C=O) groups is 1. The Kier molecular flexibility index (Phi) is 6.97. The molecule has 0 spiro atoms. The van der Waals surface area contributed by atoms with Gasteiger partial charge < -0.3 is 19.7 Å². The molecule has 1 amide bonds. The number of ether oxygens (including phenoxy) is 2. The van der Waals surface area contributed by atoms with Gasteiger partial charge in [0, 0.05) is 34.0 Å². The number of aromatic nitrogens is 1. The maximum Gasteiger partial charge on any atom is 0.258 e. The molecule has 1 atom stereocenters. The first-order chi connectivity index (χ1) is 9.65. The molecular formula is C14H23N3O3. The number of rotatable bonds is 8. The van der Waals surface area contributed by atoms with E-state index in [-0.39, 0.29) is 11.9 Å². The highest BCUT2D eigenvalue weighted by atomic mass is 16.5. The van der Waals surface area contributed by atoms with Crippen molar-refractivity contribution in [1.82, 2.24) is 9.88 Å². The fraction of sp³-hybridized carbons (Fsp3) is 0.571. The van der Waals surface area contributed by atoms with Gasteiger partial charge >= 0.3 is 0 Å². The minimum atomic E-state index is -0.0796. The summed E-state index contributed by atoms with van der Waals surface area (Å²) in [7, 11) is 4.99. The zero-order valence-corrected chi connectivity index (χ0v) is 12.5. The summed E-state index contributed by atoms with van der Waals surface area (Å²) in [5.74, 6) is 0.494. The number of carbonyl (C=O) groups excluding carboxylic acids is 1. The van der Waals surface area contributed by atoms with Gasteiger partial charge in [-0.05, 0) is 19.1 Å². The predicted molar refractivity (Wildman–Crippen MR) is 78.0 cm³/mol. The van der Waals surface area contributed by atoms with Crippen LogP contribution in [-0.2, 0) is 9.47 Å². The second-order valence-corrected chi connectivity index (χ2v) is 4.45. The van der Waals surface area contributed by atoms with E-state index in [1.807, 2.05) is 6.92 Å². The lowest BCUT2D eigenvalue weighted by Crippen LogP contribution is -2.43. The SMILES string of the molecule is CNc1ncccc1C(=O)N(CCOC)C(C)COC. The third kappa shape index (κ3) is 4.18. The van der Waals surface area contributed by atoms with E-state index in [1.54, 1.807) is 44.5 Å². The molecule has 1 aromatic rings. The Bertz CT molecular complexity index is 426. The van der Waals surface area contributed by atoms with E-state index in [4.69, 9.17) is 9.47 Å². The predicted octanol–water partition coefficient (Wildman–Crippen LogP) is 1.25. The number of methoxy groups -OCH3 is 2. The highest BCUT2D eigenvalue weighted by Gasteiger charge is 2.23. The molecule has 0 saturated carbocycles. The molecule has 0 aliphatic heterocycles. The van der Waals surface area contributed by atoms with Crippen molar-refractivity contribution in [3.8, 4) is 0 Å². The second kappa shape index (κ2) is 8.50. The smallest absolute Gasteiger partial charge is 0.258 e. The van der Waals surface area contributed by atoms with Crippen molar-refractivity contribution in [2.75, 3.05) is 46.3 Å². The Hall–Kier alpha value is -1.66. The maximum absolute atomic E-state index is 12.7. The number of hydrogen-bond acceptors (Lipinski definition) is 5. The first kappa shape index (κ1) is 16.4. The number of amides is 1. The summed E-state index contributed by atoms with van der Waals surface area (Å²) < 4.78 is 10.2. The molecule has 20 heavy (non-hydrogen) atoms. The van der Waals surface area contributed by atoms with Gasteiger partial charge in [-0.1, -0.05) is 0 Å². The van der Waals surface area contributed by atoms with Gasteiger partial charge in [-0.2, -0.15) is 0 Å². The van der Waals surface area contributed by atoms with E-state index in [0.29, 0.717) is 31.1 Å². The third-order valence-corrected chi connectivity index (χ3v) is 3.01. The van der Waals surface area contributed by atoms with Crippen LogP contribution in [-0.4, -0.2) is 62.9 Å². The normalized spacial score (nSPS) is 12.0. The largest absolute Gasteiger partial charge is 0.383 e. The molecule has 0 aliphatic rings. The Morgan fingerprint density at radius 1 is 1.45 bits per heavy atom.